The van der Waals surface area contributed by atoms with Gasteiger partial charge >= 0.3 is 0 Å². The second-order valence-electron chi connectivity index (χ2n) is 3.86. The molecule has 1 N–H and O–H groups in total. The number of aliphatic hydroxyl groups excluding tert-OH is 1. The summed E-state index contributed by atoms with van der Waals surface area (Å²) in [6.07, 6.45) is 7.83. The monoisotopic (exact) mass is 220 g/mol. The lowest BCUT2D eigenvalue weighted by Gasteiger charge is -2.12. The van der Waals surface area contributed by atoms with E-state index in [1.165, 1.54) is 0 Å². The summed E-state index contributed by atoms with van der Waals surface area (Å²) >= 11 is 0. The van der Waals surface area contributed by atoms with Gasteiger partial charge in [-0.15, -0.1) is 0 Å². The van der Waals surface area contributed by atoms with Crippen LogP contribution in [0.4, 0.5) is 0 Å². The molecule has 16 heavy (non-hydrogen) atoms. The smallest absolute Gasteiger partial charge is 0.0997 e. The molecule has 0 aliphatic heterocycles. The highest BCUT2D eigenvalue weighted by Gasteiger charge is 2.13. The summed E-state index contributed by atoms with van der Waals surface area (Å²) in [5, 5.41) is 10.1. The molecule has 0 saturated heterocycles. The van der Waals surface area contributed by atoms with Crippen LogP contribution in [0, 0.1) is 0 Å². The molecule has 4 heteroatoms. The Hall–Kier alpha value is -1.55. The van der Waals surface area contributed by atoms with Crippen molar-refractivity contribution < 1.29 is 9.52 Å². The van der Waals surface area contributed by atoms with E-state index < -0.39 is 6.10 Å². The maximum Gasteiger partial charge on any atom is 0.0997 e. The number of hydrogen-bond donors (Lipinski definition) is 1. The lowest BCUT2D eigenvalue weighted by Crippen LogP contribution is -2.08. The Morgan fingerprint density at radius 3 is 3.12 bits per heavy atom. The molecule has 86 valence electrons. The molecule has 0 radical (unpaired) electrons. The van der Waals surface area contributed by atoms with Gasteiger partial charge in [0.2, 0.25) is 0 Å². The number of rotatable bonds is 5. The highest BCUT2D eigenvalue weighted by molar-refractivity contribution is 5.12. The van der Waals surface area contributed by atoms with E-state index in [4.69, 9.17) is 4.42 Å². The van der Waals surface area contributed by atoms with E-state index >= 15 is 0 Å². The van der Waals surface area contributed by atoms with Crippen LogP contribution in [0.25, 0.3) is 0 Å². The van der Waals surface area contributed by atoms with Crippen molar-refractivity contribution in [3.05, 3.63) is 42.4 Å². The van der Waals surface area contributed by atoms with Crippen molar-refractivity contribution in [2.24, 2.45) is 0 Å². The first kappa shape index (κ1) is 11.0. The third-order valence-electron chi connectivity index (χ3n) is 2.56. The Morgan fingerprint density at radius 1 is 1.56 bits per heavy atom. The van der Waals surface area contributed by atoms with Crippen LogP contribution >= 0.6 is 0 Å². The van der Waals surface area contributed by atoms with Gasteiger partial charge in [-0.3, -0.25) is 0 Å². The summed E-state index contributed by atoms with van der Waals surface area (Å²) < 4.78 is 6.97. The third-order valence-corrected chi connectivity index (χ3v) is 2.56. The number of aryl methyl sites for hydroxylation is 1. The molecule has 0 fully saturated rings. The number of nitrogens with zero attached hydrogens (tertiary/aromatic N) is 2. The van der Waals surface area contributed by atoms with E-state index in [0.717, 1.165) is 24.2 Å². The second-order valence-corrected chi connectivity index (χ2v) is 3.86. The summed E-state index contributed by atoms with van der Waals surface area (Å²) in [4.78, 5) is 4.07. The van der Waals surface area contributed by atoms with E-state index in [1.54, 1.807) is 25.1 Å². The lowest BCUT2D eigenvalue weighted by atomic mass is 10.1. The van der Waals surface area contributed by atoms with E-state index in [2.05, 4.69) is 11.9 Å². The van der Waals surface area contributed by atoms with Crippen LogP contribution in [-0.4, -0.2) is 14.7 Å². The minimum atomic E-state index is -0.522. The average molecular weight is 220 g/mol. The summed E-state index contributed by atoms with van der Waals surface area (Å²) in [5.74, 6) is 0. The van der Waals surface area contributed by atoms with Gasteiger partial charge < -0.3 is 14.1 Å². The zero-order valence-corrected chi connectivity index (χ0v) is 9.34. The first-order chi connectivity index (χ1) is 7.81. The summed E-state index contributed by atoms with van der Waals surface area (Å²) in [6, 6.07) is 1.86. The average Bonchev–Trinajstić information content (AvgIpc) is 2.89. The molecule has 1 unspecified atom stereocenters. The molecule has 2 aromatic heterocycles. The number of furan rings is 1. The molecule has 0 saturated carbocycles. The summed E-state index contributed by atoms with van der Waals surface area (Å²) in [5.41, 5.74) is 1.86. The fourth-order valence-electron chi connectivity index (χ4n) is 1.77. The predicted molar refractivity (Wildman–Crippen MR) is 59.9 cm³/mol. The molecule has 0 aliphatic carbocycles. The van der Waals surface area contributed by atoms with Crippen LogP contribution < -0.4 is 0 Å². The molecule has 0 bridgehead atoms. The van der Waals surface area contributed by atoms with Crippen LogP contribution in [0.5, 0.6) is 0 Å². The van der Waals surface area contributed by atoms with Crippen LogP contribution in [0.2, 0.25) is 0 Å². The minimum Gasteiger partial charge on any atom is -0.472 e. The molecule has 2 rings (SSSR count). The van der Waals surface area contributed by atoms with Crippen molar-refractivity contribution in [1.82, 2.24) is 9.55 Å². The Morgan fingerprint density at radius 2 is 2.44 bits per heavy atom. The molecule has 2 heterocycles. The number of imidazole rings is 1. The zero-order valence-electron chi connectivity index (χ0n) is 9.34. The zero-order chi connectivity index (χ0) is 11.4. The van der Waals surface area contributed by atoms with Gasteiger partial charge in [0.05, 0.1) is 36.8 Å². The highest BCUT2D eigenvalue weighted by Crippen LogP contribution is 2.18. The first-order valence-corrected chi connectivity index (χ1v) is 5.50. The second kappa shape index (κ2) is 4.99. The third kappa shape index (κ3) is 2.33. The normalized spacial score (nSPS) is 12.9. The van der Waals surface area contributed by atoms with Crippen LogP contribution in [0.3, 0.4) is 0 Å². The highest BCUT2D eigenvalue weighted by atomic mass is 16.3. The Kier molecular flexibility index (Phi) is 3.41. The molecule has 4 nitrogen and oxygen atoms in total. The number of aromatic nitrogens is 2. The Bertz CT molecular complexity index is 420. The SMILES string of the molecule is CCCn1cncc1C(O)Cc1ccoc1. The Balaban J connectivity index is 2.08. The molecular weight excluding hydrogens is 204 g/mol. The molecule has 1 atom stereocenters. The predicted octanol–water partition coefficient (Wildman–Crippen LogP) is 2.16. The lowest BCUT2D eigenvalue weighted by molar-refractivity contribution is 0.168. The van der Waals surface area contributed by atoms with E-state index in [1.807, 2.05) is 10.6 Å². The fraction of sp³-hybridized carbons (Fsp3) is 0.417. The molecule has 0 aromatic carbocycles. The summed E-state index contributed by atoms with van der Waals surface area (Å²) in [6.45, 7) is 2.99. The maximum atomic E-state index is 10.1. The van der Waals surface area contributed by atoms with Gasteiger partial charge in [0.1, 0.15) is 0 Å². The standard InChI is InChI=1S/C12H16N2O2/c1-2-4-14-9-13-7-11(14)12(15)6-10-3-5-16-8-10/h3,5,7-9,12,15H,2,4,6H2,1H3. The van der Waals surface area contributed by atoms with Crippen molar-refractivity contribution >= 4 is 0 Å². The molecular formula is C12H16N2O2. The van der Waals surface area contributed by atoms with Gasteiger partial charge in [-0.25, -0.2) is 4.98 Å². The van der Waals surface area contributed by atoms with E-state index in [9.17, 15) is 5.11 Å². The topological polar surface area (TPSA) is 51.2 Å². The van der Waals surface area contributed by atoms with Gasteiger partial charge in [0.15, 0.2) is 0 Å². The fourth-order valence-corrected chi connectivity index (χ4v) is 1.77. The number of hydrogen-bond acceptors (Lipinski definition) is 3. The maximum absolute atomic E-state index is 10.1. The van der Waals surface area contributed by atoms with Crippen LogP contribution in [-0.2, 0) is 13.0 Å². The quantitative estimate of drug-likeness (QED) is 0.840. The van der Waals surface area contributed by atoms with Gasteiger partial charge in [0.25, 0.3) is 0 Å². The Labute approximate surface area is 94.5 Å². The summed E-state index contributed by atoms with van der Waals surface area (Å²) in [7, 11) is 0. The van der Waals surface area contributed by atoms with Gasteiger partial charge in [0, 0.05) is 13.0 Å². The van der Waals surface area contributed by atoms with Crippen LogP contribution in [0.1, 0.15) is 30.7 Å². The molecule has 0 aliphatic rings. The van der Waals surface area contributed by atoms with Crippen LogP contribution in [0.15, 0.2) is 35.5 Å². The molecule has 0 spiro atoms. The first-order valence-electron chi connectivity index (χ1n) is 5.50. The van der Waals surface area contributed by atoms with Gasteiger partial charge in [-0.2, -0.15) is 0 Å². The van der Waals surface area contributed by atoms with Gasteiger partial charge in [-0.05, 0) is 18.1 Å². The van der Waals surface area contributed by atoms with E-state index in [-0.39, 0.29) is 0 Å². The van der Waals surface area contributed by atoms with Crippen molar-refractivity contribution in [3.8, 4) is 0 Å². The van der Waals surface area contributed by atoms with Gasteiger partial charge in [-0.1, -0.05) is 6.92 Å². The van der Waals surface area contributed by atoms with Crippen molar-refractivity contribution in [1.29, 1.82) is 0 Å². The van der Waals surface area contributed by atoms with Crippen molar-refractivity contribution in [2.75, 3.05) is 0 Å². The van der Waals surface area contributed by atoms with E-state index in [0.29, 0.717) is 6.42 Å². The van der Waals surface area contributed by atoms with Crippen molar-refractivity contribution in [3.63, 3.8) is 0 Å². The minimum absolute atomic E-state index is 0.522. The molecule has 2 aromatic rings. The number of aliphatic hydroxyl groups is 1. The van der Waals surface area contributed by atoms with Crippen molar-refractivity contribution in [2.45, 2.75) is 32.4 Å². The molecule has 0 amide bonds. The largest absolute Gasteiger partial charge is 0.472 e.